The van der Waals surface area contributed by atoms with Crippen LogP contribution >= 0.6 is 0 Å². The van der Waals surface area contributed by atoms with E-state index in [1.165, 1.54) is 0 Å². The molecule has 1 aromatic carbocycles. The molecular weight excluding hydrogens is 180 g/mol. The van der Waals surface area contributed by atoms with Gasteiger partial charge in [-0.15, -0.1) is 0 Å². The van der Waals surface area contributed by atoms with Crippen molar-refractivity contribution in [3.8, 4) is 11.8 Å². The van der Waals surface area contributed by atoms with Crippen LogP contribution in [0.25, 0.3) is 0 Å². The molecule has 3 nitrogen and oxygen atoms in total. The van der Waals surface area contributed by atoms with E-state index in [-0.39, 0.29) is 0 Å². The van der Waals surface area contributed by atoms with E-state index in [4.69, 9.17) is 0 Å². The number of rotatable bonds is 1. The molecule has 0 aromatic heterocycles. The fourth-order valence-electron chi connectivity index (χ4n) is 0.794. The number of esters is 1. The van der Waals surface area contributed by atoms with E-state index < -0.39 is 11.8 Å². The topological polar surface area (TPSA) is 43.4 Å². The van der Waals surface area contributed by atoms with Gasteiger partial charge in [-0.25, -0.2) is 4.79 Å². The molecule has 0 saturated carbocycles. The Kier molecular flexibility index (Phi) is 3.45. The summed E-state index contributed by atoms with van der Waals surface area (Å²) in [5.41, 5.74) is 0.685. The number of ether oxygens (including phenoxy) is 1. The molecule has 0 N–H and O–H groups in total. The van der Waals surface area contributed by atoms with Gasteiger partial charge in [0, 0.05) is 5.56 Å². The molecule has 0 radical (unpaired) electrons. The Morgan fingerprint density at radius 3 is 2.43 bits per heavy atom. The van der Waals surface area contributed by atoms with E-state index >= 15 is 0 Å². The highest BCUT2D eigenvalue weighted by Crippen LogP contribution is 1.94. The van der Waals surface area contributed by atoms with Crippen LogP contribution in [0.3, 0.4) is 0 Å². The van der Waals surface area contributed by atoms with Crippen molar-refractivity contribution in [2.24, 2.45) is 0 Å². The Morgan fingerprint density at radius 2 is 1.86 bits per heavy atom. The summed E-state index contributed by atoms with van der Waals surface area (Å²) in [6.45, 7) is 0. The monoisotopic (exact) mass is 188 g/mol. The SMILES string of the molecule is COC(=O)C(=O)C#Cc1ccccc1. The fraction of sp³-hybridized carbons (Fsp3) is 0.0909. The van der Waals surface area contributed by atoms with E-state index in [2.05, 4.69) is 16.6 Å². The molecule has 0 bridgehead atoms. The van der Waals surface area contributed by atoms with Gasteiger partial charge >= 0.3 is 11.8 Å². The Morgan fingerprint density at radius 1 is 1.21 bits per heavy atom. The van der Waals surface area contributed by atoms with Gasteiger partial charge in [0.25, 0.3) is 0 Å². The van der Waals surface area contributed by atoms with E-state index in [1.807, 2.05) is 6.07 Å². The molecular formula is C11H8O3. The van der Waals surface area contributed by atoms with E-state index in [1.54, 1.807) is 24.3 Å². The Balaban J connectivity index is 2.74. The van der Waals surface area contributed by atoms with E-state index in [9.17, 15) is 9.59 Å². The highest BCUT2D eigenvalue weighted by atomic mass is 16.5. The van der Waals surface area contributed by atoms with Gasteiger partial charge in [-0.1, -0.05) is 24.1 Å². The quantitative estimate of drug-likeness (QED) is 0.371. The second-order valence-corrected chi connectivity index (χ2v) is 2.44. The highest BCUT2D eigenvalue weighted by Gasteiger charge is 2.08. The molecule has 14 heavy (non-hydrogen) atoms. The zero-order chi connectivity index (χ0) is 10.4. The van der Waals surface area contributed by atoms with Crippen LogP contribution < -0.4 is 0 Å². The van der Waals surface area contributed by atoms with Crippen LogP contribution in [0.15, 0.2) is 30.3 Å². The van der Waals surface area contributed by atoms with Crippen molar-refractivity contribution in [1.82, 2.24) is 0 Å². The molecule has 1 aromatic rings. The molecule has 0 atom stereocenters. The molecule has 0 spiro atoms. The van der Waals surface area contributed by atoms with Gasteiger partial charge in [-0.2, -0.15) is 0 Å². The summed E-state index contributed by atoms with van der Waals surface area (Å²) in [4.78, 5) is 21.6. The highest BCUT2D eigenvalue weighted by molar-refractivity contribution is 6.40. The summed E-state index contributed by atoms with van der Waals surface area (Å²) in [7, 11) is 1.14. The van der Waals surface area contributed by atoms with Crippen LogP contribution in [0, 0.1) is 11.8 Å². The number of ketones is 1. The first-order valence-electron chi connectivity index (χ1n) is 3.93. The van der Waals surface area contributed by atoms with Crippen LogP contribution in [-0.2, 0) is 14.3 Å². The first kappa shape index (κ1) is 10.0. The molecule has 0 amide bonds. The zero-order valence-corrected chi connectivity index (χ0v) is 7.61. The third kappa shape index (κ3) is 2.76. The Labute approximate surface area is 81.7 Å². The molecule has 0 aliphatic heterocycles. The predicted molar refractivity (Wildman–Crippen MR) is 50.3 cm³/mol. The van der Waals surface area contributed by atoms with Crippen LogP contribution in [0.5, 0.6) is 0 Å². The van der Waals surface area contributed by atoms with E-state index in [0.717, 1.165) is 7.11 Å². The Hall–Kier alpha value is -2.08. The lowest BCUT2D eigenvalue weighted by Gasteiger charge is -1.88. The standard InChI is InChI=1S/C11H8O3/c1-14-11(13)10(12)8-7-9-5-3-2-4-6-9/h2-6H,1H3. The first-order chi connectivity index (χ1) is 6.74. The number of hydrogen-bond acceptors (Lipinski definition) is 3. The minimum atomic E-state index is -0.937. The van der Waals surface area contributed by atoms with Gasteiger partial charge in [0.2, 0.25) is 0 Å². The molecule has 0 unspecified atom stereocenters. The minimum Gasteiger partial charge on any atom is -0.463 e. The second-order valence-electron chi connectivity index (χ2n) is 2.44. The van der Waals surface area contributed by atoms with Crippen LogP contribution in [0.2, 0.25) is 0 Å². The van der Waals surface area contributed by atoms with Crippen molar-refractivity contribution >= 4 is 11.8 Å². The smallest absolute Gasteiger partial charge is 0.387 e. The summed E-state index contributed by atoms with van der Waals surface area (Å²) in [6, 6.07) is 8.93. The number of hydrogen-bond donors (Lipinski definition) is 0. The summed E-state index contributed by atoms with van der Waals surface area (Å²) < 4.78 is 4.21. The molecule has 0 heterocycles. The second kappa shape index (κ2) is 4.83. The molecule has 70 valence electrons. The number of benzene rings is 1. The largest absolute Gasteiger partial charge is 0.463 e. The molecule has 0 aliphatic carbocycles. The molecule has 0 fully saturated rings. The van der Waals surface area contributed by atoms with Crippen molar-refractivity contribution in [1.29, 1.82) is 0 Å². The first-order valence-corrected chi connectivity index (χ1v) is 3.93. The van der Waals surface area contributed by atoms with Crippen molar-refractivity contribution < 1.29 is 14.3 Å². The molecule has 0 aliphatic rings. The number of carbonyl (C=O) groups is 2. The van der Waals surface area contributed by atoms with Crippen molar-refractivity contribution in [2.75, 3.05) is 7.11 Å². The van der Waals surface area contributed by atoms with Crippen molar-refractivity contribution in [2.45, 2.75) is 0 Å². The third-order valence-electron chi connectivity index (χ3n) is 1.46. The number of carbonyl (C=O) groups excluding carboxylic acids is 2. The molecule has 1 rings (SSSR count). The maximum atomic E-state index is 10.9. The predicted octanol–water partition coefficient (Wildman–Crippen LogP) is 0.780. The lowest BCUT2D eigenvalue weighted by Crippen LogP contribution is -2.12. The Bertz CT molecular complexity index is 396. The van der Waals surface area contributed by atoms with Crippen LogP contribution in [0.1, 0.15) is 5.56 Å². The average molecular weight is 188 g/mol. The molecule has 0 saturated heterocycles. The fourth-order valence-corrected chi connectivity index (χ4v) is 0.794. The lowest BCUT2D eigenvalue weighted by atomic mass is 10.2. The summed E-state index contributed by atoms with van der Waals surface area (Å²) >= 11 is 0. The van der Waals surface area contributed by atoms with Crippen LogP contribution in [0.4, 0.5) is 0 Å². The minimum absolute atomic E-state index is 0.685. The number of methoxy groups -OCH3 is 1. The summed E-state index contributed by atoms with van der Waals surface area (Å²) in [5.74, 6) is 2.97. The van der Waals surface area contributed by atoms with Gasteiger partial charge < -0.3 is 4.74 Å². The third-order valence-corrected chi connectivity index (χ3v) is 1.46. The summed E-state index contributed by atoms with van der Waals surface area (Å²) in [5, 5.41) is 0. The van der Waals surface area contributed by atoms with Gasteiger partial charge in [0.05, 0.1) is 7.11 Å². The zero-order valence-electron chi connectivity index (χ0n) is 7.61. The van der Waals surface area contributed by atoms with Gasteiger partial charge in [-0.05, 0) is 18.1 Å². The van der Waals surface area contributed by atoms with Crippen LogP contribution in [-0.4, -0.2) is 18.9 Å². The maximum Gasteiger partial charge on any atom is 0.387 e. The maximum absolute atomic E-state index is 10.9. The van der Waals surface area contributed by atoms with Gasteiger partial charge in [0.15, 0.2) is 0 Å². The summed E-state index contributed by atoms with van der Waals surface area (Å²) in [6.07, 6.45) is 0. The van der Waals surface area contributed by atoms with Gasteiger partial charge in [0.1, 0.15) is 0 Å². The molecule has 3 heteroatoms. The number of Topliss-reactive ketones (excluding diaryl/α,β-unsaturated/α-hetero) is 1. The van der Waals surface area contributed by atoms with Gasteiger partial charge in [-0.3, -0.25) is 4.79 Å². The van der Waals surface area contributed by atoms with Crippen molar-refractivity contribution in [3.63, 3.8) is 0 Å². The normalized spacial score (nSPS) is 8.36. The lowest BCUT2D eigenvalue weighted by molar-refractivity contribution is -0.149. The average Bonchev–Trinajstić information content (AvgIpc) is 2.26. The van der Waals surface area contributed by atoms with E-state index in [0.29, 0.717) is 5.56 Å². The van der Waals surface area contributed by atoms with Crippen molar-refractivity contribution in [3.05, 3.63) is 35.9 Å².